The van der Waals surface area contributed by atoms with Crippen LogP contribution in [0.2, 0.25) is 0 Å². The summed E-state index contributed by atoms with van der Waals surface area (Å²) in [5.74, 6) is -1.06. The normalized spacial score (nSPS) is 10.8. The Bertz CT molecular complexity index is 780. The van der Waals surface area contributed by atoms with Crippen LogP contribution in [0.4, 0.5) is 4.39 Å². The lowest BCUT2D eigenvalue weighted by atomic mass is 10.3. The zero-order valence-corrected chi connectivity index (χ0v) is 10.7. The van der Waals surface area contributed by atoms with Crippen molar-refractivity contribution in [2.75, 3.05) is 0 Å². The molecule has 0 aliphatic carbocycles. The molecule has 0 bridgehead atoms. The summed E-state index contributed by atoms with van der Waals surface area (Å²) < 4.78 is 23.6. The summed E-state index contributed by atoms with van der Waals surface area (Å²) in [7, 11) is 0. The average Bonchev–Trinajstić information content (AvgIpc) is 3.01. The number of aromatic nitrogens is 4. The maximum atomic E-state index is 13.2. The van der Waals surface area contributed by atoms with Crippen molar-refractivity contribution < 1.29 is 13.5 Å². The van der Waals surface area contributed by atoms with Crippen LogP contribution in [0.15, 0.2) is 42.8 Å². The second-order valence-corrected chi connectivity index (χ2v) is 4.35. The molecule has 2 heterocycles. The van der Waals surface area contributed by atoms with E-state index < -0.39 is 11.6 Å². The Morgan fingerprint density at radius 3 is 2.84 bits per heavy atom. The lowest BCUT2D eigenvalue weighted by Crippen LogP contribution is -2.13. The van der Waals surface area contributed by atoms with Gasteiger partial charge >= 0.3 is 5.76 Å². The molecular formula is C10H4BrFN4O3. The van der Waals surface area contributed by atoms with E-state index in [2.05, 4.69) is 40.6 Å². The van der Waals surface area contributed by atoms with Crippen molar-refractivity contribution in [2.45, 2.75) is 0 Å². The van der Waals surface area contributed by atoms with Crippen molar-refractivity contribution in [3.8, 4) is 17.2 Å². The molecule has 9 heteroatoms. The monoisotopic (exact) mass is 326 g/mol. The number of nitrogens with zero attached hydrogens (tertiary/aromatic N) is 4. The molecule has 3 aromatic rings. The van der Waals surface area contributed by atoms with Crippen LogP contribution in [0.1, 0.15) is 0 Å². The minimum absolute atomic E-state index is 0.116. The van der Waals surface area contributed by atoms with Crippen molar-refractivity contribution >= 4 is 15.9 Å². The van der Waals surface area contributed by atoms with Gasteiger partial charge in [-0.25, -0.2) is 18.4 Å². The van der Waals surface area contributed by atoms with Gasteiger partial charge in [0.25, 0.3) is 0 Å². The predicted molar refractivity (Wildman–Crippen MR) is 63.1 cm³/mol. The largest absolute Gasteiger partial charge is 0.446 e. The molecule has 0 amide bonds. The van der Waals surface area contributed by atoms with Gasteiger partial charge in [0.2, 0.25) is 5.82 Å². The average molecular weight is 327 g/mol. The Hall–Kier alpha value is -2.29. The number of benzene rings is 1. The lowest BCUT2D eigenvalue weighted by molar-refractivity contribution is 0.308. The van der Waals surface area contributed by atoms with E-state index in [1.165, 1.54) is 24.4 Å². The fourth-order valence-corrected chi connectivity index (χ4v) is 1.89. The minimum atomic E-state index is -0.725. The van der Waals surface area contributed by atoms with Crippen molar-refractivity contribution in [1.82, 2.24) is 20.0 Å². The summed E-state index contributed by atoms with van der Waals surface area (Å²) >= 11 is 3.04. The topological polar surface area (TPSA) is 86.9 Å². The first kappa shape index (κ1) is 11.8. The molecular weight excluding hydrogens is 323 g/mol. The predicted octanol–water partition coefficient (Wildman–Crippen LogP) is 1.78. The second-order valence-electron chi connectivity index (χ2n) is 3.50. The highest BCUT2D eigenvalue weighted by molar-refractivity contribution is 9.10. The first-order chi connectivity index (χ1) is 9.16. The van der Waals surface area contributed by atoms with Gasteiger partial charge in [0, 0.05) is 0 Å². The van der Waals surface area contributed by atoms with Crippen molar-refractivity contribution in [3.05, 3.63) is 45.2 Å². The third-order valence-electron chi connectivity index (χ3n) is 2.36. The van der Waals surface area contributed by atoms with Crippen LogP contribution in [0.3, 0.4) is 0 Å². The molecule has 19 heavy (non-hydrogen) atoms. The van der Waals surface area contributed by atoms with E-state index in [9.17, 15) is 9.18 Å². The zero-order valence-electron chi connectivity index (χ0n) is 9.08. The van der Waals surface area contributed by atoms with Crippen LogP contribution in [0.5, 0.6) is 0 Å². The Balaban J connectivity index is 2.22. The molecule has 0 aliphatic rings. The molecule has 0 unspecified atom stereocenters. The summed E-state index contributed by atoms with van der Waals surface area (Å²) in [4.78, 5) is 11.7. The van der Waals surface area contributed by atoms with Gasteiger partial charge in [-0.3, -0.25) is 4.52 Å². The van der Waals surface area contributed by atoms with Crippen LogP contribution in [-0.2, 0) is 0 Å². The number of halogens is 2. The van der Waals surface area contributed by atoms with Gasteiger partial charge in [-0.1, -0.05) is 10.3 Å². The van der Waals surface area contributed by atoms with E-state index in [1.54, 1.807) is 0 Å². The molecule has 0 aliphatic heterocycles. The van der Waals surface area contributed by atoms with Gasteiger partial charge in [0.15, 0.2) is 5.69 Å². The molecule has 7 nitrogen and oxygen atoms in total. The molecule has 2 aromatic heterocycles. The van der Waals surface area contributed by atoms with Gasteiger partial charge in [0.1, 0.15) is 12.0 Å². The van der Waals surface area contributed by atoms with Crippen LogP contribution in [0.25, 0.3) is 17.2 Å². The fourth-order valence-electron chi connectivity index (χ4n) is 1.53. The molecule has 0 fully saturated rings. The van der Waals surface area contributed by atoms with Gasteiger partial charge in [0.05, 0.1) is 10.2 Å². The Kier molecular flexibility index (Phi) is 2.75. The first-order valence-electron chi connectivity index (χ1n) is 4.99. The Morgan fingerprint density at radius 2 is 2.16 bits per heavy atom. The number of hydrogen-bond donors (Lipinski definition) is 0. The Labute approximate surface area is 112 Å². The van der Waals surface area contributed by atoms with Crippen LogP contribution >= 0.6 is 15.9 Å². The molecule has 96 valence electrons. The Morgan fingerprint density at radius 1 is 1.32 bits per heavy atom. The number of rotatable bonds is 2. The van der Waals surface area contributed by atoms with Crippen molar-refractivity contribution in [1.29, 1.82) is 0 Å². The second kappa shape index (κ2) is 4.43. The van der Waals surface area contributed by atoms with E-state index in [1.807, 2.05) is 0 Å². The lowest BCUT2D eigenvalue weighted by Gasteiger charge is -2.03. The van der Waals surface area contributed by atoms with E-state index >= 15 is 0 Å². The highest BCUT2D eigenvalue weighted by atomic mass is 79.9. The molecule has 1 aromatic carbocycles. The minimum Gasteiger partial charge on any atom is -0.295 e. The van der Waals surface area contributed by atoms with E-state index in [0.717, 1.165) is 4.57 Å². The fraction of sp³-hybridized carbons (Fsp3) is 0. The van der Waals surface area contributed by atoms with Crippen LogP contribution in [0, 0.1) is 5.82 Å². The van der Waals surface area contributed by atoms with Gasteiger partial charge < -0.3 is 0 Å². The third kappa shape index (κ3) is 1.97. The maximum Gasteiger partial charge on any atom is 0.446 e. The summed E-state index contributed by atoms with van der Waals surface area (Å²) in [5.41, 5.74) is 0.601. The molecule has 3 rings (SSSR count). The van der Waals surface area contributed by atoms with Crippen molar-refractivity contribution in [2.24, 2.45) is 0 Å². The van der Waals surface area contributed by atoms with E-state index in [-0.39, 0.29) is 16.0 Å². The van der Waals surface area contributed by atoms with Crippen molar-refractivity contribution in [3.63, 3.8) is 0 Å². The number of hydrogen-bond acceptors (Lipinski definition) is 6. The van der Waals surface area contributed by atoms with Gasteiger partial charge in [-0.05, 0) is 39.3 Å². The summed E-state index contributed by atoms with van der Waals surface area (Å²) in [6, 6.07) is 4.05. The summed E-state index contributed by atoms with van der Waals surface area (Å²) in [5, 5.41) is 10.6. The molecule has 0 radical (unpaired) electrons. The smallest absolute Gasteiger partial charge is 0.295 e. The standard InChI is InChI=1S/C10H4BrFN4O3/c11-6-3-5(1-2-7(6)12)16-9(15-18-10(16)17)8-4-13-19-14-8/h1-4H. The van der Waals surface area contributed by atoms with Gasteiger partial charge in [-0.15, -0.1) is 0 Å². The third-order valence-corrected chi connectivity index (χ3v) is 2.96. The summed E-state index contributed by atoms with van der Waals surface area (Å²) in [6.45, 7) is 0. The highest BCUT2D eigenvalue weighted by Crippen LogP contribution is 2.22. The quantitative estimate of drug-likeness (QED) is 0.713. The molecule has 0 saturated carbocycles. The SMILES string of the molecule is O=c1onc(-c2cnon2)n1-c1ccc(F)c(Br)c1. The van der Waals surface area contributed by atoms with Crippen LogP contribution < -0.4 is 5.76 Å². The molecule has 0 N–H and O–H groups in total. The maximum absolute atomic E-state index is 13.2. The zero-order chi connectivity index (χ0) is 13.4. The highest BCUT2D eigenvalue weighted by Gasteiger charge is 2.18. The molecule has 0 atom stereocenters. The van der Waals surface area contributed by atoms with E-state index in [0.29, 0.717) is 5.69 Å². The van der Waals surface area contributed by atoms with E-state index in [4.69, 9.17) is 0 Å². The molecule has 0 saturated heterocycles. The first-order valence-corrected chi connectivity index (χ1v) is 5.78. The summed E-state index contributed by atoms with van der Waals surface area (Å²) in [6.07, 6.45) is 1.28. The van der Waals surface area contributed by atoms with Crippen LogP contribution in [-0.4, -0.2) is 20.0 Å². The van der Waals surface area contributed by atoms with Gasteiger partial charge in [-0.2, -0.15) is 0 Å². The molecule has 0 spiro atoms.